The van der Waals surface area contributed by atoms with E-state index in [9.17, 15) is 4.79 Å². The summed E-state index contributed by atoms with van der Waals surface area (Å²) in [4.78, 5) is 17.2. The van der Waals surface area contributed by atoms with Crippen LogP contribution < -0.4 is 5.32 Å². The van der Waals surface area contributed by atoms with Gasteiger partial charge in [0, 0.05) is 25.7 Å². The molecule has 1 aromatic carbocycles. The molecule has 4 rings (SSSR count). The highest BCUT2D eigenvalue weighted by Crippen LogP contribution is 2.21. The largest absolute Gasteiger partial charge is 0.455 e. The molecule has 0 saturated carbocycles. The summed E-state index contributed by atoms with van der Waals surface area (Å²) in [6.07, 6.45) is 3.45. The van der Waals surface area contributed by atoms with Gasteiger partial charge in [-0.2, -0.15) is 0 Å². The average Bonchev–Trinajstić information content (AvgIpc) is 3.35. The summed E-state index contributed by atoms with van der Waals surface area (Å²) < 4.78 is 5.84. The van der Waals surface area contributed by atoms with Crippen molar-refractivity contribution in [1.82, 2.24) is 15.1 Å². The van der Waals surface area contributed by atoms with E-state index >= 15 is 0 Å². The molecule has 2 aliphatic heterocycles. The number of nitrogens with zero attached hydrogens (tertiary/aromatic N) is 2. The fourth-order valence-corrected chi connectivity index (χ4v) is 4.33. The molecule has 2 aromatic rings. The predicted octanol–water partition coefficient (Wildman–Crippen LogP) is 3.05. The normalized spacial score (nSPS) is 20.6. The highest BCUT2D eigenvalue weighted by Gasteiger charge is 2.24. The van der Waals surface area contributed by atoms with Gasteiger partial charge in [-0.15, -0.1) is 0 Å². The lowest BCUT2D eigenvalue weighted by Gasteiger charge is -2.27. The predicted molar refractivity (Wildman–Crippen MR) is 106 cm³/mol. The Hall–Kier alpha value is -2.11. The third-order valence-electron chi connectivity index (χ3n) is 5.88. The van der Waals surface area contributed by atoms with E-state index < -0.39 is 0 Å². The van der Waals surface area contributed by atoms with Crippen LogP contribution in [-0.2, 0) is 19.5 Å². The SMILES string of the molecule is CCN1CCCC1CNC(=O)c1ccc(CN2CCc3ccccc3C2)o1. The van der Waals surface area contributed by atoms with Crippen LogP contribution in [0.2, 0.25) is 0 Å². The van der Waals surface area contributed by atoms with Gasteiger partial charge in [0.2, 0.25) is 0 Å². The zero-order chi connectivity index (χ0) is 18.6. The smallest absolute Gasteiger partial charge is 0.287 e. The quantitative estimate of drug-likeness (QED) is 0.853. The molecule has 0 aliphatic carbocycles. The molecule has 2 aliphatic rings. The van der Waals surface area contributed by atoms with Crippen LogP contribution >= 0.6 is 0 Å². The molecule has 27 heavy (non-hydrogen) atoms. The molecular formula is C22H29N3O2. The van der Waals surface area contributed by atoms with Gasteiger partial charge in [-0.25, -0.2) is 0 Å². The summed E-state index contributed by atoms with van der Waals surface area (Å²) >= 11 is 0. The number of carbonyl (C=O) groups excluding carboxylic acids is 1. The second-order valence-corrected chi connectivity index (χ2v) is 7.63. The number of nitrogens with one attached hydrogen (secondary N) is 1. The first-order valence-electron chi connectivity index (χ1n) is 10.1. The average molecular weight is 367 g/mol. The maximum absolute atomic E-state index is 12.4. The van der Waals surface area contributed by atoms with Gasteiger partial charge in [-0.1, -0.05) is 31.2 Å². The molecule has 1 amide bonds. The van der Waals surface area contributed by atoms with E-state index in [1.54, 1.807) is 6.07 Å². The Labute approximate surface area is 161 Å². The minimum atomic E-state index is -0.104. The monoisotopic (exact) mass is 367 g/mol. The Balaban J connectivity index is 1.30. The number of fused-ring (bicyclic) bond motifs is 1. The van der Waals surface area contributed by atoms with Crippen molar-refractivity contribution in [3.63, 3.8) is 0 Å². The lowest BCUT2D eigenvalue weighted by Crippen LogP contribution is -2.39. The topological polar surface area (TPSA) is 48.7 Å². The molecule has 0 spiro atoms. The van der Waals surface area contributed by atoms with Gasteiger partial charge >= 0.3 is 0 Å². The second-order valence-electron chi connectivity index (χ2n) is 7.63. The molecule has 1 aromatic heterocycles. The van der Waals surface area contributed by atoms with Crippen molar-refractivity contribution in [3.8, 4) is 0 Å². The van der Waals surface area contributed by atoms with Crippen molar-refractivity contribution < 1.29 is 9.21 Å². The number of likely N-dealkylation sites (N-methyl/N-ethyl adjacent to an activating group) is 1. The first-order valence-corrected chi connectivity index (χ1v) is 10.1. The lowest BCUT2D eigenvalue weighted by molar-refractivity contribution is 0.0909. The highest BCUT2D eigenvalue weighted by molar-refractivity contribution is 5.91. The van der Waals surface area contributed by atoms with Gasteiger partial charge in [0.1, 0.15) is 5.76 Å². The Bertz CT molecular complexity index is 785. The highest BCUT2D eigenvalue weighted by atomic mass is 16.4. The summed E-state index contributed by atoms with van der Waals surface area (Å²) in [5.74, 6) is 1.17. The number of benzene rings is 1. The van der Waals surface area contributed by atoms with Crippen LogP contribution in [0, 0.1) is 0 Å². The number of rotatable bonds is 6. The fourth-order valence-electron chi connectivity index (χ4n) is 4.33. The molecule has 1 atom stereocenters. The van der Waals surface area contributed by atoms with Crippen LogP contribution in [0.25, 0.3) is 0 Å². The van der Waals surface area contributed by atoms with E-state index in [0.717, 1.165) is 51.3 Å². The van der Waals surface area contributed by atoms with Crippen molar-refractivity contribution in [2.45, 2.75) is 45.3 Å². The number of hydrogen-bond acceptors (Lipinski definition) is 4. The number of carbonyl (C=O) groups is 1. The number of likely N-dealkylation sites (tertiary alicyclic amines) is 1. The van der Waals surface area contributed by atoms with Gasteiger partial charge in [-0.3, -0.25) is 14.6 Å². The van der Waals surface area contributed by atoms with Crippen LogP contribution in [0.5, 0.6) is 0 Å². The fraction of sp³-hybridized carbons (Fsp3) is 0.500. The summed E-state index contributed by atoms with van der Waals surface area (Å²) in [5.41, 5.74) is 2.84. The molecular weight excluding hydrogens is 338 g/mol. The van der Waals surface area contributed by atoms with E-state index in [-0.39, 0.29) is 5.91 Å². The molecule has 3 heterocycles. The maximum Gasteiger partial charge on any atom is 0.287 e. The zero-order valence-corrected chi connectivity index (χ0v) is 16.1. The Morgan fingerprint density at radius 2 is 2.04 bits per heavy atom. The Kier molecular flexibility index (Phi) is 5.60. The summed E-state index contributed by atoms with van der Waals surface area (Å²) in [6, 6.07) is 12.8. The van der Waals surface area contributed by atoms with E-state index in [2.05, 4.69) is 46.3 Å². The molecule has 1 N–H and O–H groups in total. The minimum Gasteiger partial charge on any atom is -0.455 e. The number of hydrogen-bond donors (Lipinski definition) is 1. The van der Waals surface area contributed by atoms with Crippen molar-refractivity contribution in [1.29, 1.82) is 0 Å². The molecule has 5 heteroatoms. The molecule has 1 fully saturated rings. The van der Waals surface area contributed by atoms with Crippen molar-refractivity contribution in [2.75, 3.05) is 26.2 Å². The zero-order valence-electron chi connectivity index (χ0n) is 16.1. The summed E-state index contributed by atoms with van der Waals surface area (Å²) in [6.45, 7) is 7.77. The van der Waals surface area contributed by atoms with E-state index in [1.165, 1.54) is 17.5 Å². The van der Waals surface area contributed by atoms with Gasteiger partial charge in [0.15, 0.2) is 5.76 Å². The number of amides is 1. The summed E-state index contributed by atoms with van der Waals surface area (Å²) in [7, 11) is 0. The molecule has 144 valence electrons. The second kappa shape index (κ2) is 8.28. The first-order chi connectivity index (χ1) is 13.2. The third-order valence-corrected chi connectivity index (χ3v) is 5.88. The lowest BCUT2D eigenvalue weighted by atomic mass is 10.00. The maximum atomic E-state index is 12.4. The minimum absolute atomic E-state index is 0.104. The standard InChI is InChI=1S/C22H29N3O2/c1-2-25-12-5-8-19(25)14-23-22(26)21-10-9-20(27-21)16-24-13-11-17-6-3-4-7-18(17)15-24/h3-4,6-7,9-10,19H,2,5,8,11-16H2,1H3,(H,23,26). The van der Waals surface area contributed by atoms with Crippen LogP contribution in [0.15, 0.2) is 40.8 Å². The van der Waals surface area contributed by atoms with Gasteiger partial charge in [0.05, 0.1) is 6.54 Å². The van der Waals surface area contributed by atoms with Crippen LogP contribution in [0.1, 0.15) is 47.2 Å². The molecule has 1 unspecified atom stereocenters. The van der Waals surface area contributed by atoms with Gasteiger partial charge in [0.25, 0.3) is 5.91 Å². The van der Waals surface area contributed by atoms with Crippen LogP contribution in [-0.4, -0.2) is 47.9 Å². The van der Waals surface area contributed by atoms with Crippen molar-refractivity contribution >= 4 is 5.91 Å². The third kappa shape index (κ3) is 4.25. The van der Waals surface area contributed by atoms with Crippen LogP contribution in [0.3, 0.4) is 0 Å². The molecule has 0 radical (unpaired) electrons. The molecule has 1 saturated heterocycles. The van der Waals surface area contributed by atoms with Gasteiger partial charge in [-0.05, 0) is 55.6 Å². The van der Waals surface area contributed by atoms with E-state index in [1.807, 2.05) is 6.07 Å². The van der Waals surface area contributed by atoms with E-state index in [4.69, 9.17) is 4.42 Å². The first kappa shape index (κ1) is 18.3. The van der Waals surface area contributed by atoms with Crippen molar-refractivity contribution in [3.05, 3.63) is 59.0 Å². The molecule has 0 bridgehead atoms. The summed E-state index contributed by atoms with van der Waals surface area (Å²) in [5, 5.41) is 3.05. The molecule has 5 nitrogen and oxygen atoms in total. The Morgan fingerprint density at radius 3 is 2.89 bits per heavy atom. The Morgan fingerprint density at radius 1 is 1.19 bits per heavy atom. The number of furan rings is 1. The van der Waals surface area contributed by atoms with Crippen molar-refractivity contribution in [2.24, 2.45) is 0 Å². The van der Waals surface area contributed by atoms with E-state index in [0.29, 0.717) is 18.3 Å². The van der Waals surface area contributed by atoms with Gasteiger partial charge < -0.3 is 9.73 Å². The van der Waals surface area contributed by atoms with Crippen LogP contribution in [0.4, 0.5) is 0 Å².